The Balaban J connectivity index is 1.82. The lowest BCUT2D eigenvalue weighted by Gasteiger charge is -2.26. The van der Waals surface area contributed by atoms with Crippen LogP contribution in [0.4, 0.5) is 0 Å². The summed E-state index contributed by atoms with van der Waals surface area (Å²) in [5.41, 5.74) is 0.781. The molecule has 2 heterocycles. The molecule has 0 aliphatic carbocycles. The highest BCUT2D eigenvalue weighted by Crippen LogP contribution is 2.30. The number of carbonyl (C=O) groups excluding carboxylic acids is 1. The number of nitriles is 1. The number of rotatable bonds is 3. The van der Waals surface area contributed by atoms with Crippen molar-refractivity contribution in [2.24, 2.45) is 0 Å². The largest absolute Gasteiger partial charge is 0.457 e. The number of nitrogens with zero attached hydrogens (tertiary/aromatic N) is 2. The zero-order valence-electron chi connectivity index (χ0n) is 13.2. The summed E-state index contributed by atoms with van der Waals surface area (Å²) in [5.74, 6) is 0.665. The van der Waals surface area contributed by atoms with Crippen LogP contribution in [0.2, 0.25) is 10.0 Å². The normalized spacial score (nSPS) is 15.1. The second-order valence-corrected chi connectivity index (χ2v) is 6.22. The van der Waals surface area contributed by atoms with Gasteiger partial charge < -0.3 is 14.1 Å². The lowest BCUT2D eigenvalue weighted by molar-refractivity contribution is -0.130. The van der Waals surface area contributed by atoms with Crippen molar-refractivity contribution < 1.29 is 13.9 Å². The van der Waals surface area contributed by atoms with E-state index in [0.717, 1.165) is 5.56 Å². The average molecular weight is 377 g/mol. The summed E-state index contributed by atoms with van der Waals surface area (Å²) >= 11 is 11.9. The summed E-state index contributed by atoms with van der Waals surface area (Å²) in [4.78, 5) is 14.0. The molecule has 1 saturated heterocycles. The van der Waals surface area contributed by atoms with E-state index in [9.17, 15) is 10.1 Å². The first kappa shape index (κ1) is 17.6. The molecule has 0 bridgehead atoms. The van der Waals surface area contributed by atoms with Gasteiger partial charge in [-0.15, -0.1) is 0 Å². The number of furan rings is 1. The molecule has 128 valence electrons. The number of amides is 1. The molecule has 0 saturated carbocycles. The fourth-order valence-corrected chi connectivity index (χ4v) is 2.75. The molecule has 0 N–H and O–H groups in total. The van der Waals surface area contributed by atoms with Crippen LogP contribution in [0.3, 0.4) is 0 Å². The number of benzene rings is 1. The van der Waals surface area contributed by atoms with Crippen LogP contribution in [0.5, 0.6) is 0 Å². The lowest BCUT2D eigenvalue weighted by atomic mass is 10.2. The second kappa shape index (κ2) is 7.75. The zero-order chi connectivity index (χ0) is 17.8. The summed E-state index contributed by atoms with van der Waals surface area (Å²) in [6, 6.07) is 10.5. The summed E-state index contributed by atoms with van der Waals surface area (Å²) < 4.78 is 10.9. The highest BCUT2D eigenvalue weighted by molar-refractivity contribution is 6.42. The van der Waals surface area contributed by atoms with Gasteiger partial charge in [-0.2, -0.15) is 5.26 Å². The number of morpholine rings is 1. The van der Waals surface area contributed by atoms with E-state index in [1.54, 1.807) is 35.2 Å². The molecule has 25 heavy (non-hydrogen) atoms. The van der Waals surface area contributed by atoms with E-state index in [0.29, 0.717) is 47.9 Å². The Hall–Kier alpha value is -2.26. The van der Waals surface area contributed by atoms with Crippen molar-refractivity contribution in [2.75, 3.05) is 26.3 Å². The standard InChI is InChI=1S/C18H14Cl2N2O3/c19-15-3-1-12(10-16(15)20)17-4-2-14(25-17)9-13(11-21)18(23)22-5-7-24-8-6-22/h1-4,9-10H,5-8H2/b13-9-. The predicted octanol–water partition coefficient (Wildman–Crippen LogP) is 4.02. The molecule has 3 rings (SSSR count). The molecule has 1 aliphatic rings. The topological polar surface area (TPSA) is 66.5 Å². The Morgan fingerprint density at radius 3 is 2.60 bits per heavy atom. The van der Waals surface area contributed by atoms with E-state index in [1.165, 1.54) is 6.08 Å². The molecule has 0 radical (unpaired) electrons. The van der Waals surface area contributed by atoms with Gasteiger partial charge in [-0.05, 0) is 30.3 Å². The first-order chi connectivity index (χ1) is 12.1. The minimum Gasteiger partial charge on any atom is -0.457 e. The van der Waals surface area contributed by atoms with Gasteiger partial charge in [-0.1, -0.05) is 23.2 Å². The van der Waals surface area contributed by atoms with Crippen LogP contribution in [0.25, 0.3) is 17.4 Å². The van der Waals surface area contributed by atoms with Crippen molar-refractivity contribution in [1.29, 1.82) is 5.26 Å². The molecule has 2 aromatic rings. The molecule has 5 nitrogen and oxygen atoms in total. The van der Waals surface area contributed by atoms with Gasteiger partial charge in [0, 0.05) is 24.7 Å². The van der Waals surface area contributed by atoms with Gasteiger partial charge in [-0.3, -0.25) is 4.79 Å². The van der Waals surface area contributed by atoms with Gasteiger partial charge in [0.1, 0.15) is 23.2 Å². The van der Waals surface area contributed by atoms with Crippen LogP contribution in [-0.2, 0) is 9.53 Å². The average Bonchev–Trinajstić information content (AvgIpc) is 3.11. The Morgan fingerprint density at radius 2 is 1.92 bits per heavy atom. The number of hydrogen-bond acceptors (Lipinski definition) is 4. The minimum absolute atomic E-state index is 0.0249. The lowest BCUT2D eigenvalue weighted by Crippen LogP contribution is -2.41. The molecule has 0 unspecified atom stereocenters. The van der Waals surface area contributed by atoms with Crippen molar-refractivity contribution in [2.45, 2.75) is 0 Å². The van der Waals surface area contributed by atoms with E-state index in [4.69, 9.17) is 32.4 Å². The quantitative estimate of drug-likeness (QED) is 0.599. The summed E-state index contributed by atoms with van der Waals surface area (Å²) in [6.45, 7) is 1.91. The molecule has 0 atom stereocenters. The molecule has 0 spiro atoms. The third-order valence-corrected chi connectivity index (χ3v) is 4.51. The molecule has 1 fully saturated rings. The summed E-state index contributed by atoms with van der Waals surface area (Å²) in [7, 11) is 0. The van der Waals surface area contributed by atoms with Crippen LogP contribution in [0, 0.1) is 11.3 Å². The van der Waals surface area contributed by atoms with Crippen LogP contribution >= 0.6 is 23.2 Å². The second-order valence-electron chi connectivity index (χ2n) is 5.41. The Kier molecular flexibility index (Phi) is 5.44. The van der Waals surface area contributed by atoms with E-state index < -0.39 is 0 Å². The fourth-order valence-electron chi connectivity index (χ4n) is 2.46. The van der Waals surface area contributed by atoms with E-state index >= 15 is 0 Å². The van der Waals surface area contributed by atoms with Crippen LogP contribution < -0.4 is 0 Å². The summed E-state index contributed by atoms with van der Waals surface area (Å²) in [6.07, 6.45) is 1.44. The van der Waals surface area contributed by atoms with E-state index in [-0.39, 0.29) is 11.5 Å². The van der Waals surface area contributed by atoms with Crippen molar-refractivity contribution >= 4 is 35.2 Å². The molecule has 7 heteroatoms. The molecule has 1 aliphatic heterocycles. The van der Waals surface area contributed by atoms with Crippen LogP contribution in [0.1, 0.15) is 5.76 Å². The Morgan fingerprint density at radius 1 is 1.16 bits per heavy atom. The van der Waals surface area contributed by atoms with Gasteiger partial charge in [-0.25, -0.2) is 0 Å². The van der Waals surface area contributed by atoms with Crippen molar-refractivity contribution in [3.8, 4) is 17.4 Å². The zero-order valence-corrected chi connectivity index (χ0v) is 14.7. The number of carbonyl (C=O) groups is 1. The predicted molar refractivity (Wildman–Crippen MR) is 95.2 cm³/mol. The van der Waals surface area contributed by atoms with E-state index in [1.807, 2.05) is 6.07 Å². The van der Waals surface area contributed by atoms with Gasteiger partial charge in [0.25, 0.3) is 5.91 Å². The molecular formula is C18H14Cl2N2O3. The minimum atomic E-state index is -0.321. The fraction of sp³-hybridized carbons (Fsp3) is 0.222. The van der Waals surface area contributed by atoms with E-state index in [2.05, 4.69) is 0 Å². The molecule has 1 aromatic heterocycles. The van der Waals surface area contributed by atoms with Gasteiger partial charge in [0.2, 0.25) is 0 Å². The smallest absolute Gasteiger partial charge is 0.264 e. The third-order valence-electron chi connectivity index (χ3n) is 3.77. The Bertz CT molecular complexity index is 861. The monoisotopic (exact) mass is 376 g/mol. The first-order valence-corrected chi connectivity index (χ1v) is 8.38. The van der Waals surface area contributed by atoms with Crippen LogP contribution in [0.15, 0.2) is 40.3 Å². The number of hydrogen-bond donors (Lipinski definition) is 0. The summed E-state index contributed by atoms with van der Waals surface area (Å²) in [5, 5.41) is 10.2. The first-order valence-electron chi connectivity index (χ1n) is 7.62. The Labute approximate surface area is 155 Å². The molecular weight excluding hydrogens is 363 g/mol. The maximum atomic E-state index is 12.4. The molecule has 1 amide bonds. The van der Waals surface area contributed by atoms with Crippen molar-refractivity contribution in [3.05, 3.63) is 51.7 Å². The highest BCUT2D eigenvalue weighted by Gasteiger charge is 2.21. The van der Waals surface area contributed by atoms with Crippen LogP contribution in [-0.4, -0.2) is 37.1 Å². The maximum Gasteiger partial charge on any atom is 0.264 e. The molecule has 1 aromatic carbocycles. The van der Waals surface area contributed by atoms with Crippen molar-refractivity contribution in [3.63, 3.8) is 0 Å². The number of ether oxygens (including phenoxy) is 1. The number of halogens is 2. The van der Waals surface area contributed by atoms with Gasteiger partial charge in [0.05, 0.1) is 23.3 Å². The maximum absolute atomic E-state index is 12.4. The van der Waals surface area contributed by atoms with Gasteiger partial charge >= 0.3 is 0 Å². The van der Waals surface area contributed by atoms with Crippen molar-refractivity contribution in [1.82, 2.24) is 4.90 Å². The third kappa shape index (κ3) is 4.05. The highest BCUT2D eigenvalue weighted by atomic mass is 35.5. The SMILES string of the molecule is N#C/C(=C/c1ccc(-c2ccc(Cl)c(Cl)c2)o1)C(=O)N1CCOCC1. The van der Waals surface area contributed by atoms with Gasteiger partial charge in [0.15, 0.2) is 0 Å².